The number of carbonyl (C=O) groups is 1. The second-order valence-corrected chi connectivity index (χ2v) is 6.09. The Balaban J connectivity index is 2.50. The van der Waals surface area contributed by atoms with Gasteiger partial charge in [0, 0.05) is 9.50 Å². The van der Waals surface area contributed by atoms with Crippen molar-refractivity contribution in [3.8, 4) is 17.6 Å². The molecule has 25 heavy (non-hydrogen) atoms. The topological polar surface area (TPSA) is 59.3 Å². The van der Waals surface area contributed by atoms with Crippen molar-refractivity contribution >= 4 is 33.5 Å². The highest BCUT2D eigenvalue weighted by atomic mass is 79.9. The Bertz CT molecular complexity index is 852. The van der Waals surface area contributed by atoms with Gasteiger partial charge in [0.15, 0.2) is 0 Å². The average molecular weight is 431 g/mol. The minimum Gasteiger partial charge on any atom is -0.461 e. The van der Waals surface area contributed by atoms with Crippen LogP contribution in [0.1, 0.15) is 18.1 Å². The van der Waals surface area contributed by atoms with E-state index in [-0.39, 0.29) is 33.2 Å². The standard InChI is InChI=1S/C17H11BrClF2NO3/c1-2-24-16(23)17(20,21)15-13(18)4-3-5-14(15)25-12-7-10(9-22)6-11(19)8-12/h3-8H,2H2,1H3. The van der Waals surface area contributed by atoms with Crippen LogP contribution in [0.15, 0.2) is 40.9 Å². The molecule has 4 nitrogen and oxygen atoms in total. The number of carbonyl (C=O) groups excluding carboxylic acids is 1. The molecule has 0 aliphatic rings. The number of esters is 1. The van der Waals surface area contributed by atoms with Crippen LogP contribution < -0.4 is 4.74 Å². The minimum absolute atomic E-state index is 0.0226. The first-order valence-corrected chi connectivity index (χ1v) is 8.19. The fraction of sp³-hybridized carbons (Fsp3) is 0.176. The largest absolute Gasteiger partial charge is 0.461 e. The predicted octanol–water partition coefficient (Wildman–Crippen LogP) is 5.42. The van der Waals surface area contributed by atoms with Gasteiger partial charge < -0.3 is 9.47 Å². The Hall–Kier alpha value is -2.17. The lowest BCUT2D eigenvalue weighted by Crippen LogP contribution is -2.29. The molecule has 8 heteroatoms. The van der Waals surface area contributed by atoms with Crippen LogP contribution >= 0.6 is 27.5 Å². The number of nitrogens with zero attached hydrogens (tertiary/aromatic N) is 1. The highest BCUT2D eigenvalue weighted by molar-refractivity contribution is 9.10. The summed E-state index contributed by atoms with van der Waals surface area (Å²) in [6, 6.07) is 10.1. The molecule has 0 saturated carbocycles. The maximum absolute atomic E-state index is 14.5. The van der Waals surface area contributed by atoms with E-state index in [0.717, 1.165) is 0 Å². The van der Waals surface area contributed by atoms with Gasteiger partial charge in [-0.25, -0.2) is 4.79 Å². The van der Waals surface area contributed by atoms with Crippen LogP contribution in [-0.4, -0.2) is 12.6 Å². The molecule has 130 valence electrons. The third kappa shape index (κ3) is 4.27. The van der Waals surface area contributed by atoms with Gasteiger partial charge >= 0.3 is 11.9 Å². The van der Waals surface area contributed by atoms with Gasteiger partial charge in [0.2, 0.25) is 0 Å². The van der Waals surface area contributed by atoms with Gasteiger partial charge in [0.1, 0.15) is 11.5 Å². The van der Waals surface area contributed by atoms with Gasteiger partial charge in [0.25, 0.3) is 0 Å². The molecule has 0 fully saturated rings. The van der Waals surface area contributed by atoms with Gasteiger partial charge in [0.05, 0.1) is 23.8 Å². The van der Waals surface area contributed by atoms with E-state index in [2.05, 4.69) is 20.7 Å². The van der Waals surface area contributed by atoms with Gasteiger partial charge in [-0.05, 0) is 37.3 Å². The molecule has 0 amide bonds. The summed E-state index contributed by atoms with van der Waals surface area (Å²) in [6.45, 7) is 1.25. The third-order valence-electron chi connectivity index (χ3n) is 3.05. The molecule has 0 heterocycles. The highest BCUT2D eigenvalue weighted by Crippen LogP contribution is 2.42. The first-order chi connectivity index (χ1) is 11.8. The summed E-state index contributed by atoms with van der Waals surface area (Å²) in [5.41, 5.74) is -0.469. The van der Waals surface area contributed by atoms with E-state index >= 15 is 0 Å². The molecule has 0 N–H and O–H groups in total. The number of halogens is 4. The van der Waals surface area contributed by atoms with E-state index in [1.807, 2.05) is 6.07 Å². The number of nitriles is 1. The van der Waals surface area contributed by atoms with E-state index in [4.69, 9.17) is 21.6 Å². The van der Waals surface area contributed by atoms with E-state index in [0.29, 0.717) is 0 Å². The normalized spacial score (nSPS) is 10.9. The Morgan fingerprint density at radius 3 is 2.72 bits per heavy atom. The van der Waals surface area contributed by atoms with Crippen LogP contribution in [0, 0.1) is 11.3 Å². The molecule has 2 aromatic rings. The summed E-state index contributed by atoms with van der Waals surface area (Å²) in [4.78, 5) is 11.7. The van der Waals surface area contributed by atoms with E-state index in [1.54, 1.807) is 0 Å². The summed E-state index contributed by atoms with van der Waals surface area (Å²) in [5, 5.41) is 9.17. The molecule has 0 atom stereocenters. The smallest absolute Gasteiger partial charge is 0.382 e. The first-order valence-electron chi connectivity index (χ1n) is 7.02. The number of hydrogen-bond acceptors (Lipinski definition) is 4. The van der Waals surface area contributed by atoms with Crippen molar-refractivity contribution in [3.05, 3.63) is 57.0 Å². The van der Waals surface area contributed by atoms with Crippen molar-refractivity contribution in [2.75, 3.05) is 6.61 Å². The van der Waals surface area contributed by atoms with Crippen LogP contribution in [0.4, 0.5) is 8.78 Å². The quantitative estimate of drug-likeness (QED) is 0.594. The summed E-state index contributed by atoms with van der Waals surface area (Å²) in [7, 11) is 0. The number of rotatable bonds is 5. The number of ether oxygens (including phenoxy) is 2. The Labute approximate surface area is 156 Å². The lowest BCUT2D eigenvalue weighted by molar-refractivity contribution is -0.173. The minimum atomic E-state index is -3.93. The molecule has 0 aliphatic heterocycles. The zero-order valence-corrected chi connectivity index (χ0v) is 15.2. The number of hydrogen-bond donors (Lipinski definition) is 0. The molecule has 0 radical (unpaired) electrons. The van der Waals surface area contributed by atoms with Gasteiger partial charge in [-0.2, -0.15) is 14.0 Å². The summed E-state index contributed by atoms with van der Waals surface area (Å²) >= 11 is 8.90. The Morgan fingerprint density at radius 2 is 2.08 bits per heavy atom. The first kappa shape index (κ1) is 19.2. The van der Waals surface area contributed by atoms with Crippen LogP contribution in [0.5, 0.6) is 11.5 Å². The van der Waals surface area contributed by atoms with E-state index in [1.165, 1.54) is 43.3 Å². The Kier molecular flexibility index (Phi) is 5.98. The molecular weight excluding hydrogens is 420 g/mol. The van der Waals surface area contributed by atoms with Gasteiger partial charge in [-0.15, -0.1) is 0 Å². The monoisotopic (exact) mass is 429 g/mol. The zero-order chi connectivity index (χ0) is 18.6. The van der Waals surface area contributed by atoms with Crippen LogP contribution in [0.25, 0.3) is 0 Å². The van der Waals surface area contributed by atoms with Crippen molar-refractivity contribution in [2.24, 2.45) is 0 Å². The second kappa shape index (κ2) is 7.81. The van der Waals surface area contributed by atoms with Gasteiger partial charge in [-0.3, -0.25) is 0 Å². The molecular formula is C17H11BrClF2NO3. The SMILES string of the molecule is CCOC(=O)C(F)(F)c1c(Br)cccc1Oc1cc(Cl)cc(C#N)c1. The molecule has 0 bridgehead atoms. The highest BCUT2D eigenvalue weighted by Gasteiger charge is 2.46. The zero-order valence-electron chi connectivity index (χ0n) is 12.9. The van der Waals surface area contributed by atoms with Crippen molar-refractivity contribution in [1.29, 1.82) is 5.26 Å². The van der Waals surface area contributed by atoms with Crippen molar-refractivity contribution in [3.63, 3.8) is 0 Å². The fourth-order valence-corrected chi connectivity index (χ4v) is 2.85. The lowest BCUT2D eigenvalue weighted by Gasteiger charge is -2.20. The van der Waals surface area contributed by atoms with Crippen LogP contribution in [0.3, 0.4) is 0 Å². The molecule has 0 aromatic heterocycles. The van der Waals surface area contributed by atoms with Crippen LogP contribution in [0.2, 0.25) is 5.02 Å². The maximum atomic E-state index is 14.5. The predicted molar refractivity (Wildman–Crippen MR) is 90.9 cm³/mol. The van der Waals surface area contributed by atoms with Crippen molar-refractivity contribution in [2.45, 2.75) is 12.8 Å². The average Bonchev–Trinajstić information content (AvgIpc) is 2.54. The molecule has 0 unspecified atom stereocenters. The third-order valence-corrected chi connectivity index (χ3v) is 3.93. The molecule has 0 saturated heterocycles. The van der Waals surface area contributed by atoms with Crippen molar-refractivity contribution < 1.29 is 23.0 Å². The molecule has 0 spiro atoms. The van der Waals surface area contributed by atoms with E-state index in [9.17, 15) is 13.6 Å². The summed E-state index contributed by atoms with van der Waals surface area (Å²) < 4.78 is 38.9. The molecule has 0 aliphatic carbocycles. The van der Waals surface area contributed by atoms with Gasteiger partial charge in [-0.1, -0.05) is 33.6 Å². The molecule has 2 rings (SSSR count). The van der Waals surface area contributed by atoms with Crippen molar-refractivity contribution in [1.82, 2.24) is 0 Å². The summed E-state index contributed by atoms with van der Waals surface area (Å²) in [6.07, 6.45) is 0. The molecule has 2 aromatic carbocycles. The van der Waals surface area contributed by atoms with E-state index < -0.39 is 17.5 Å². The maximum Gasteiger partial charge on any atom is 0.382 e. The van der Waals surface area contributed by atoms with Crippen LogP contribution in [-0.2, 0) is 15.5 Å². The lowest BCUT2D eigenvalue weighted by atomic mass is 10.1. The second-order valence-electron chi connectivity index (χ2n) is 4.80. The summed E-state index contributed by atoms with van der Waals surface area (Å²) in [5.74, 6) is -5.79. The fourth-order valence-electron chi connectivity index (χ4n) is 2.03. The Morgan fingerprint density at radius 1 is 1.36 bits per heavy atom. The number of benzene rings is 2. The number of alkyl halides is 2.